The number of amides is 1. The van der Waals surface area contributed by atoms with Crippen LogP contribution in [0.3, 0.4) is 0 Å². The van der Waals surface area contributed by atoms with Gasteiger partial charge in [-0.05, 0) is 30.3 Å². The molecule has 2 N–H and O–H groups in total. The number of nitrogens with zero attached hydrogens (tertiary/aromatic N) is 1. The average molecular weight is 515 g/mol. The van der Waals surface area contributed by atoms with Crippen molar-refractivity contribution in [2.45, 2.75) is 25.9 Å². The van der Waals surface area contributed by atoms with Gasteiger partial charge in [0, 0.05) is 55.2 Å². The van der Waals surface area contributed by atoms with E-state index in [0.717, 1.165) is 53.9 Å². The zero-order valence-electron chi connectivity index (χ0n) is 22.1. The highest BCUT2D eigenvalue weighted by atomic mass is 16.5. The monoisotopic (exact) mass is 514 g/mol. The van der Waals surface area contributed by atoms with Crippen LogP contribution in [0.5, 0.6) is 0 Å². The molecule has 7 heteroatoms. The average Bonchev–Trinajstić information content (AvgIpc) is 2.94. The molecule has 1 unspecified atom stereocenters. The minimum absolute atomic E-state index is 0.00595. The molecule has 1 atom stereocenters. The summed E-state index contributed by atoms with van der Waals surface area (Å²) in [5, 5.41) is 5.85. The minimum atomic E-state index is -0.207. The lowest BCUT2D eigenvalue weighted by molar-refractivity contribution is -0.938. The molecule has 2 bridgehead atoms. The number of anilines is 2. The zero-order chi connectivity index (χ0) is 27.0. The normalized spacial score (nSPS) is 21.4. The summed E-state index contributed by atoms with van der Waals surface area (Å²) >= 11 is 0. The Morgan fingerprint density at radius 2 is 1.45 bits per heavy atom. The standard InChI is InChI=1S/C17H22NO3.C14H14N2O/c1-13(19)21-17-12-18(9-7-15(17)8-10-18)11-16(20)14-5-3-2-4-6-14;1-15-14(17)11-6-5-9-13(10-11)16-12-7-3-2-4-8-12/h2-6,15,17H,7-12H2,1H3;2-10,16H,1H3,(H,15,17)/q+1;. The predicted octanol–water partition coefficient (Wildman–Crippen LogP) is 4.83. The highest BCUT2D eigenvalue weighted by Crippen LogP contribution is 2.35. The Bertz CT molecular complexity index is 1240. The molecule has 6 rings (SSSR count). The molecule has 3 aliphatic heterocycles. The summed E-state index contributed by atoms with van der Waals surface area (Å²) in [6.07, 6.45) is 2.11. The summed E-state index contributed by atoms with van der Waals surface area (Å²) in [5.41, 5.74) is 3.33. The number of ether oxygens (including phenoxy) is 1. The number of rotatable bonds is 7. The van der Waals surface area contributed by atoms with Gasteiger partial charge in [0.2, 0.25) is 5.78 Å². The first-order chi connectivity index (χ1) is 18.4. The van der Waals surface area contributed by atoms with E-state index in [9.17, 15) is 14.4 Å². The number of para-hydroxylation sites is 1. The van der Waals surface area contributed by atoms with Gasteiger partial charge in [0.25, 0.3) is 5.91 Å². The van der Waals surface area contributed by atoms with Crippen LogP contribution in [0.25, 0.3) is 0 Å². The third-order valence-corrected chi connectivity index (χ3v) is 7.35. The van der Waals surface area contributed by atoms with Crippen LogP contribution in [-0.2, 0) is 9.53 Å². The molecule has 0 spiro atoms. The molecule has 3 aromatic rings. The van der Waals surface area contributed by atoms with E-state index in [0.29, 0.717) is 18.0 Å². The Hall–Kier alpha value is -3.97. The quantitative estimate of drug-likeness (QED) is 0.268. The molecule has 3 heterocycles. The van der Waals surface area contributed by atoms with Crippen molar-refractivity contribution in [1.29, 1.82) is 0 Å². The van der Waals surface area contributed by atoms with Crippen molar-refractivity contribution in [3.8, 4) is 0 Å². The van der Waals surface area contributed by atoms with Crippen molar-refractivity contribution < 1.29 is 23.6 Å². The van der Waals surface area contributed by atoms with Gasteiger partial charge in [0.05, 0.1) is 13.1 Å². The molecule has 0 aromatic heterocycles. The third kappa shape index (κ3) is 7.07. The maximum Gasteiger partial charge on any atom is 0.303 e. The van der Waals surface area contributed by atoms with Crippen molar-refractivity contribution in [2.24, 2.45) is 5.92 Å². The second kappa shape index (κ2) is 12.5. The Morgan fingerprint density at radius 3 is 2.08 bits per heavy atom. The number of fused-ring (bicyclic) bond motifs is 3. The smallest absolute Gasteiger partial charge is 0.303 e. The second-order valence-electron chi connectivity index (χ2n) is 10.1. The molecule has 198 valence electrons. The Kier molecular flexibility index (Phi) is 8.92. The molecule has 3 fully saturated rings. The van der Waals surface area contributed by atoms with Crippen LogP contribution < -0.4 is 10.6 Å². The van der Waals surface area contributed by atoms with Gasteiger partial charge in [-0.2, -0.15) is 0 Å². The van der Waals surface area contributed by atoms with Crippen LogP contribution in [0.1, 0.15) is 40.5 Å². The zero-order valence-corrected chi connectivity index (χ0v) is 22.1. The SMILES string of the molecule is CC(=O)OC1C[N+]2(CC(=O)c3ccccc3)CCC1CC2.CNC(=O)c1cccc(Nc2ccccc2)c1. The molecule has 3 aromatic carbocycles. The van der Waals surface area contributed by atoms with Gasteiger partial charge in [0.1, 0.15) is 13.1 Å². The summed E-state index contributed by atoms with van der Waals surface area (Å²) in [7, 11) is 1.62. The van der Waals surface area contributed by atoms with Crippen molar-refractivity contribution in [3.05, 3.63) is 96.1 Å². The van der Waals surface area contributed by atoms with E-state index in [1.54, 1.807) is 13.1 Å². The van der Waals surface area contributed by atoms with Crippen LogP contribution in [0.15, 0.2) is 84.9 Å². The fraction of sp³-hybridized carbons (Fsp3) is 0.323. The number of nitrogens with one attached hydrogen (secondary N) is 2. The number of carbonyl (C=O) groups is 3. The maximum absolute atomic E-state index is 12.5. The first-order valence-electron chi connectivity index (χ1n) is 13.1. The number of ketones is 1. The van der Waals surface area contributed by atoms with Crippen LogP contribution in [-0.4, -0.2) is 61.5 Å². The van der Waals surface area contributed by atoms with Crippen molar-refractivity contribution in [3.63, 3.8) is 0 Å². The Balaban J connectivity index is 0.000000181. The number of quaternary nitrogens is 1. The summed E-state index contributed by atoms with van der Waals surface area (Å²) in [5.74, 6) is 0.390. The number of esters is 1. The molecular weight excluding hydrogens is 478 g/mol. The predicted molar refractivity (Wildman–Crippen MR) is 148 cm³/mol. The van der Waals surface area contributed by atoms with Crippen LogP contribution in [0.4, 0.5) is 11.4 Å². The molecule has 38 heavy (non-hydrogen) atoms. The number of carbonyl (C=O) groups excluding carboxylic acids is 3. The van der Waals surface area contributed by atoms with Crippen molar-refractivity contribution in [1.82, 2.24) is 5.32 Å². The molecule has 0 radical (unpaired) electrons. The lowest BCUT2D eigenvalue weighted by Crippen LogP contribution is -2.65. The molecule has 3 aliphatic rings. The summed E-state index contributed by atoms with van der Waals surface area (Å²) in [6, 6.07) is 26.7. The van der Waals surface area contributed by atoms with E-state index in [2.05, 4.69) is 10.6 Å². The van der Waals surface area contributed by atoms with E-state index in [1.165, 1.54) is 6.92 Å². The third-order valence-electron chi connectivity index (χ3n) is 7.35. The largest absolute Gasteiger partial charge is 0.456 e. The lowest BCUT2D eigenvalue weighted by atomic mass is 9.83. The molecule has 1 amide bonds. The van der Waals surface area contributed by atoms with Gasteiger partial charge in [-0.25, -0.2) is 0 Å². The Labute approximate surface area is 224 Å². The molecule has 7 nitrogen and oxygen atoms in total. The van der Waals surface area contributed by atoms with Crippen LogP contribution >= 0.6 is 0 Å². The first kappa shape index (κ1) is 27.1. The van der Waals surface area contributed by atoms with Crippen molar-refractivity contribution >= 4 is 29.0 Å². The molecule has 0 saturated carbocycles. The highest BCUT2D eigenvalue weighted by Gasteiger charge is 2.48. The summed E-state index contributed by atoms with van der Waals surface area (Å²) in [6.45, 7) is 4.84. The van der Waals surface area contributed by atoms with Gasteiger partial charge >= 0.3 is 5.97 Å². The van der Waals surface area contributed by atoms with E-state index >= 15 is 0 Å². The first-order valence-corrected chi connectivity index (χ1v) is 13.1. The van der Waals surface area contributed by atoms with Gasteiger partial charge in [-0.1, -0.05) is 54.6 Å². The fourth-order valence-electron chi connectivity index (χ4n) is 5.38. The fourth-order valence-corrected chi connectivity index (χ4v) is 5.38. The number of Topliss-reactive ketones (excluding diaryl/α,β-unsaturated/α-hetero) is 1. The number of piperidine rings is 3. The molecule has 0 aliphatic carbocycles. The number of hydrogen-bond donors (Lipinski definition) is 2. The van der Waals surface area contributed by atoms with E-state index in [-0.39, 0.29) is 23.8 Å². The second-order valence-corrected chi connectivity index (χ2v) is 10.1. The Morgan fingerprint density at radius 1 is 0.842 bits per heavy atom. The summed E-state index contributed by atoms with van der Waals surface area (Å²) < 4.78 is 6.25. The van der Waals surface area contributed by atoms with Gasteiger partial charge in [0.15, 0.2) is 6.10 Å². The van der Waals surface area contributed by atoms with E-state index in [4.69, 9.17) is 4.74 Å². The maximum atomic E-state index is 12.5. The van der Waals surface area contributed by atoms with Gasteiger partial charge in [-0.15, -0.1) is 0 Å². The number of benzene rings is 3. The van der Waals surface area contributed by atoms with Crippen molar-refractivity contribution in [2.75, 3.05) is 38.5 Å². The van der Waals surface area contributed by atoms with Crippen LogP contribution in [0, 0.1) is 5.92 Å². The van der Waals surface area contributed by atoms with E-state index < -0.39 is 0 Å². The minimum Gasteiger partial charge on any atom is -0.456 e. The highest BCUT2D eigenvalue weighted by molar-refractivity contribution is 5.97. The van der Waals surface area contributed by atoms with E-state index in [1.807, 2.05) is 78.9 Å². The van der Waals surface area contributed by atoms with Gasteiger partial charge in [-0.3, -0.25) is 14.4 Å². The van der Waals surface area contributed by atoms with Gasteiger partial charge < -0.3 is 19.9 Å². The molecule has 3 saturated heterocycles. The lowest BCUT2D eigenvalue weighted by Gasteiger charge is -2.51. The van der Waals surface area contributed by atoms with Crippen LogP contribution in [0.2, 0.25) is 0 Å². The topological polar surface area (TPSA) is 84.5 Å². The molecular formula is C31H36N3O4+. The summed E-state index contributed by atoms with van der Waals surface area (Å²) in [4.78, 5) is 35.2. The number of hydrogen-bond acceptors (Lipinski definition) is 5.